The van der Waals surface area contributed by atoms with Gasteiger partial charge in [-0.05, 0) is 49.8 Å². The predicted octanol–water partition coefficient (Wildman–Crippen LogP) is 3.61. The second-order valence-corrected chi connectivity index (χ2v) is 9.30. The van der Waals surface area contributed by atoms with Gasteiger partial charge in [-0.2, -0.15) is 0 Å². The van der Waals surface area contributed by atoms with E-state index < -0.39 is 0 Å². The Morgan fingerprint density at radius 2 is 1.86 bits per heavy atom. The molecule has 2 heterocycles. The van der Waals surface area contributed by atoms with Crippen molar-refractivity contribution in [3.63, 3.8) is 0 Å². The number of ether oxygens (including phenoxy) is 2. The number of hydrogen-bond acceptors (Lipinski definition) is 5. The molecule has 1 saturated heterocycles. The normalized spacial score (nSPS) is 18.6. The third-order valence-electron chi connectivity index (χ3n) is 6.99. The van der Waals surface area contributed by atoms with Crippen molar-refractivity contribution in [1.82, 2.24) is 14.9 Å². The molecule has 1 saturated carbocycles. The number of nitrogens with one attached hydrogen (secondary N) is 2. The van der Waals surface area contributed by atoms with E-state index in [-0.39, 0.29) is 23.7 Å². The van der Waals surface area contributed by atoms with Crippen LogP contribution in [0.25, 0.3) is 0 Å². The number of aromatic amines is 2. The van der Waals surface area contributed by atoms with Crippen LogP contribution in [0, 0.1) is 0 Å². The summed E-state index contributed by atoms with van der Waals surface area (Å²) in [6.07, 6.45) is 6.98. The van der Waals surface area contributed by atoms with Crippen molar-refractivity contribution in [2.45, 2.75) is 44.2 Å². The Hall–Kier alpha value is -3.68. The van der Waals surface area contributed by atoms with Crippen LogP contribution in [0.5, 0.6) is 11.5 Å². The molecule has 35 heavy (non-hydrogen) atoms. The minimum atomic E-state index is -0.375. The first-order valence-electron chi connectivity index (χ1n) is 12.3. The lowest BCUT2D eigenvalue weighted by atomic mass is 10.0. The molecule has 1 aliphatic carbocycles. The second kappa shape index (κ2) is 10.3. The molecule has 3 aromatic rings. The lowest BCUT2D eigenvalue weighted by Crippen LogP contribution is -2.56. The molecule has 1 amide bonds. The second-order valence-electron chi connectivity index (χ2n) is 9.30. The summed E-state index contributed by atoms with van der Waals surface area (Å²) in [7, 11) is 1.67. The number of piperazine rings is 1. The van der Waals surface area contributed by atoms with E-state index in [0.717, 1.165) is 36.4 Å². The largest absolute Gasteiger partial charge is 0.493 e. The number of imidazole rings is 1. The molecule has 8 heteroatoms. The average Bonchev–Trinajstić information content (AvgIpc) is 3.56. The fourth-order valence-electron chi connectivity index (χ4n) is 5.16. The van der Waals surface area contributed by atoms with Crippen LogP contribution in [0.3, 0.4) is 0 Å². The van der Waals surface area contributed by atoms with Gasteiger partial charge in [0.1, 0.15) is 5.69 Å². The highest BCUT2D eigenvalue weighted by Crippen LogP contribution is 2.36. The summed E-state index contributed by atoms with van der Waals surface area (Å²) in [6.45, 7) is 1.90. The molecule has 2 fully saturated rings. The summed E-state index contributed by atoms with van der Waals surface area (Å²) >= 11 is 0. The molecule has 0 bridgehead atoms. The number of H-pyrrole nitrogens is 2. The van der Waals surface area contributed by atoms with Crippen molar-refractivity contribution in [3.8, 4) is 11.5 Å². The molecule has 2 aliphatic rings. The van der Waals surface area contributed by atoms with E-state index >= 15 is 0 Å². The smallest absolute Gasteiger partial charge is 0.323 e. The van der Waals surface area contributed by atoms with Gasteiger partial charge in [0.15, 0.2) is 11.5 Å². The molecule has 5 rings (SSSR count). The van der Waals surface area contributed by atoms with Gasteiger partial charge in [0.25, 0.3) is 5.91 Å². The highest BCUT2D eigenvalue weighted by Gasteiger charge is 2.32. The molecule has 1 aliphatic heterocycles. The number of amides is 1. The van der Waals surface area contributed by atoms with Gasteiger partial charge in [0, 0.05) is 37.6 Å². The third-order valence-corrected chi connectivity index (χ3v) is 6.99. The van der Waals surface area contributed by atoms with E-state index in [1.165, 1.54) is 24.6 Å². The van der Waals surface area contributed by atoms with Gasteiger partial charge < -0.3 is 29.2 Å². The molecule has 8 nitrogen and oxygen atoms in total. The van der Waals surface area contributed by atoms with Crippen molar-refractivity contribution < 1.29 is 14.3 Å². The standard InChI is InChI=1S/C27H32N4O4/c1-34-24-12-11-20(16-25(24)35-22-9-5-6-10-22)30-13-14-31(26(32)23-17-28-27(33)29-23)21(18-30)15-19-7-3-2-4-8-19/h2-4,7-8,11-12,16-17,21-22H,5-6,9-10,13-15,18H2,1H3,(H2,28,29,33). The SMILES string of the molecule is COc1ccc(N2CCN(C(=O)c3c[nH]c(=O)[nH]3)C(Cc3ccccc3)C2)cc1OC1CCCC1. The number of aromatic nitrogens is 2. The number of hydrogen-bond donors (Lipinski definition) is 2. The van der Waals surface area contributed by atoms with Gasteiger partial charge in [0.2, 0.25) is 0 Å². The molecule has 1 aromatic heterocycles. The Bertz CT molecular complexity index is 1200. The Labute approximate surface area is 204 Å². The summed E-state index contributed by atoms with van der Waals surface area (Å²) in [5.41, 5.74) is 2.14. The molecule has 184 valence electrons. The fraction of sp³-hybridized carbons (Fsp3) is 0.407. The van der Waals surface area contributed by atoms with Crippen LogP contribution in [0.15, 0.2) is 59.5 Å². The number of benzene rings is 2. The fourth-order valence-corrected chi connectivity index (χ4v) is 5.16. The molecule has 1 atom stereocenters. The summed E-state index contributed by atoms with van der Waals surface area (Å²) in [4.78, 5) is 34.2. The Kier molecular flexibility index (Phi) is 6.79. The number of nitrogens with zero attached hydrogens (tertiary/aromatic N) is 2. The lowest BCUT2D eigenvalue weighted by molar-refractivity contribution is 0.0650. The summed E-state index contributed by atoms with van der Waals surface area (Å²) in [5, 5.41) is 0. The lowest BCUT2D eigenvalue weighted by Gasteiger charge is -2.42. The first-order chi connectivity index (χ1) is 17.1. The minimum absolute atomic E-state index is 0.0571. The Morgan fingerprint density at radius 3 is 2.57 bits per heavy atom. The molecular weight excluding hydrogens is 444 g/mol. The van der Waals surface area contributed by atoms with Gasteiger partial charge >= 0.3 is 5.69 Å². The van der Waals surface area contributed by atoms with E-state index in [1.807, 2.05) is 29.2 Å². The number of carbonyl (C=O) groups is 1. The summed E-state index contributed by atoms with van der Waals surface area (Å²) in [6, 6.07) is 16.2. The van der Waals surface area contributed by atoms with Crippen molar-refractivity contribution in [3.05, 3.63) is 76.5 Å². The van der Waals surface area contributed by atoms with E-state index in [0.29, 0.717) is 25.3 Å². The maximum Gasteiger partial charge on any atom is 0.323 e. The quantitative estimate of drug-likeness (QED) is 0.544. The number of carbonyl (C=O) groups excluding carboxylic acids is 1. The van der Waals surface area contributed by atoms with E-state index in [4.69, 9.17) is 9.47 Å². The maximum absolute atomic E-state index is 13.3. The topological polar surface area (TPSA) is 90.7 Å². The zero-order valence-corrected chi connectivity index (χ0v) is 20.0. The highest BCUT2D eigenvalue weighted by molar-refractivity contribution is 5.92. The van der Waals surface area contributed by atoms with E-state index in [1.54, 1.807) is 7.11 Å². The van der Waals surface area contributed by atoms with Crippen molar-refractivity contribution in [2.75, 3.05) is 31.6 Å². The van der Waals surface area contributed by atoms with Crippen molar-refractivity contribution in [2.24, 2.45) is 0 Å². The van der Waals surface area contributed by atoms with Crippen LogP contribution in [0.4, 0.5) is 5.69 Å². The monoisotopic (exact) mass is 476 g/mol. The van der Waals surface area contributed by atoms with Crippen LogP contribution in [-0.4, -0.2) is 59.7 Å². The average molecular weight is 477 g/mol. The van der Waals surface area contributed by atoms with Gasteiger partial charge in [-0.25, -0.2) is 4.79 Å². The molecule has 0 spiro atoms. The van der Waals surface area contributed by atoms with Crippen molar-refractivity contribution in [1.29, 1.82) is 0 Å². The van der Waals surface area contributed by atoms with Crippen LogP contribution in [0.1, 0.15) is 41.7 Å². The molecule has 2 N–H and O–H groups in total. The predicted molar refractivity (Wildman–Crippen MR) is 134 cm³/mol. The molecule has 0 radical (unpaired) electrons. The van der Waals surface area contributed by atoms with E-state index in [2.05, 4.69) is 39.1 Å². The van der Waals surface area contributed by atoms with Gasteiger partial charge in [-0.15, -0.1) is 0 Å². The first kappa shape index (κ1) is 23.1. The molecular formula is C27H32N4O4. The Balaban J connectivity index is 1.39. The summed E-state index contributed by atoms with van der Waals surface area (Å²) < 4.78 is 11.9. The minimum Gasteiger partial charge on any atom is -0.493 e. The first-order valence-corrected chi connectivity index (χ1v) is 12.3. The third kappa shape index (κ3) is 5.21. The number of rotatable bonds is 7. The van der Waals surface area contributed by atoms with E-state index in [9.17, 15) is 9.59 Å². The van der Waals surface area contributed by atoms with Crippen molar-refractivity contribution >= 4 is 11.6 Å². The van der Waals surface area contributed by atoms with Gasteiger partial charge in [-0.3, -0.25) is 4.79 Å². The molecule has 2 aromatic carbocycles. The van der Waals surface area contributed by atoms with Crippen LogP contribution < -0.4 is 20.1 Å². The zero-order chi connectivity index (χ0) is 24.2. The Morgan fingerprint density at radius 1 is 1.06 bits per heavy atom. The van der Waals surface area contributed by atoms with Gasteiger partial charge in [0.05, 0.1) is 19.3 Å². The van der Waals surface area contributed by atoms with Crippen LogP contribution >= 0.6 is 0 Å². The molecule has 1 unspecified atom stereocenters. The summed E-state index contributed by atoms with van der Waals surface area (Å²) in [5.74, 6) is 1.36. The number of methoxy groups -OCH3 is 1. The zero-order valence-electron chi connectivity index (χ0n) is 20.0. The highest BCUT2D eigenvalue weighted by atomic mass is 16.5. The van der Waals surface area contributed by atoms with Crippen LogP contribution in [0.2, 0.25) is 0 Å². The van der Waals surface area contributed by atoms with Crippen LogP contribution in [-0.2, 0) is 6.42 Å². The van der Waals surface area contributed by atoms with Gasteiger partial charge in [-0.1, -0.05) is 30.3 Å². The maximum atomic E-state index is 13.3. The number of anilines is 1.